The number of nitrogen functional groups attached to an aromatic ring is 1. The van der Waals surface area contributed by atoms with Gasteiger partial charge < -0.3 is 25.4 Å². The fraction of sp³-hybridized carbons (Fsp3) is 0.524. The van der Waals surface area contributed by atoms with Gasteiger partial charge in [-0.25, -0.2) is 24.9 Å². The van der Waals surface area contributed by atoms with Gasteiger partial charge in [-0.15, -0.1) is 0 Å². The number of morpholine rings is 1. The number of carbonyl (C=O) groups is 1. The number of nitrogens with zero attached hydrogens (tertiary/aromatic N) is 8. The van der Waals surface area contributed by atoms with Crippen LogP contribution in [-0.4, -0.2) is 104 Å². The van der Waals surface area contributed by atoms with E-state index in [0.717, 1.165) is 47.4 Å². The summed E-state index contributed by atoms with van der Waals surface area (Å²) >= 11 is 1.55. The molecule has 0 bridgehead atoms. The first-order valence-corrected chi connectivity index (χ1v) is 12.1. The van der Waals surface area contributed by atoms with Gasteiger partial charge in [-0.1, -0.05) is 11.3 Å². The van der Waals surface area contributed by atoms with E-state index in [4.69, 9.17) is 25.4 Å². The van der Waals surface area contributed by atoms with E-state index in [9.17, 15) is 9.90 Å². The standard InChI is InChI=1S/C21H27N9O3S/c1-13(31)20(32)30-4-2-28(3-5-30)12-15-25-16-18(29-6-8-33-9-7-29)26-17(27-19(16)34-15)14-10-23-21(22)24-11-14/h10-11,13,31H,2-9,12H2,1H3,(H2,22,23,24). The number of carbonyl (C=O) groups excluding carboxylic acids is 1. The van der Waals surface area contributed by atoms with Gasteiger partial charge in [0, 0.05) is 51.7 Å². The number of aliphatic hydroxyl groups excluding tert-OH is 1. The highest BCUT2D eigenvalue weighted by Gasteiger charge is 2.26. The number of aromatic nitrogens is 5. The molecule has 2 aliphatic heterocycles. The molecule has 1 amide bonds. The van der Waals surface area contributed by atoms with Gasteiger partial charge in [0.2, 0.25) is 5.95 Å². The lowest BCUT2D eigenvalue weighted by molar-refractivity contribution is -0.141. The van der Waals surface area contributed by atoms with E-state index in [0.29, 0.717) is 44.2 Å². The molecule has 1 unspecified atom stereocenters. The lowest BCUT2D eigenvalue weighted by Crippen LogP contribution is -2.50. The SMILES string of the molecule is CC(O)C(=O)N1CCN(Cc2nc3c(N4CCOCC4)nc(-c4cnc(N)nc4)nc3s2)CC1. The average molecular weight is 486 g/mol. The first-order chi connectivity index (χ1) is 16.5. The maximum absolute atomic E-state index is 12.0. The molecule has 2 saturated heterocycles. The van der Waals surface area contributed by atoms with Crippen molar-refractivity contribution >= 4 is 39.4 Å². The Bertz CT molecular complexity index is 1160. The van der Waals surface area contributed by atoms with Crippen molar-refractivity contribution < 1.29 is 14.6 Å². The molecule has 5 rings (SSSR count). The Balaban J connectivity index is 1.41. The van der Waals surface area contributed by atoms with Crippen molar-refractivity contribution in [3.63, 3.8) is 0 Å². The highest BCUT2D eigenvalue weighted by atomic mass is 32.1. The van der Waals surface area contributed by atoms with Gasteiger partial charge in [-0.3, -0.25) is 9.69 Å². The van der Waals surface area contributed by atoms with Crippen LogP contribution in [-0.2, 0) is 16.1 Å². The highest BCUT2D eigenvalue weighted by molar-refractivity contribution is 7.18. The summed E-state index contributed by atoms with van der Waals surface area (Å²) in [4.78, 5) is 41.7. The van der Waals surface area contributed by atoms with Gasteiger partial charge in [0.25, 0.3) is 5.91 Å². The number of anilines is 2. The number of hydrogen-bond donors (Lipinski definition) is 2. The molecule has 0 aliphatic carbocycles. The molecule has 12 nitrogen and oxygen atoms in total. The molecule has 2 fully saturated rings. The zero-order chi connectivity index (χ0) is 23.7. The lowest BCUT2D eigenvalue weighted by atomic mass is 10.2. The first kappa shape index (κ1) is 22.8. The number of rotatable bonds is 5. The summed E-state index contributed by atoms with van der Waals surface area (Å²) in [7, 11) is 0. The van der Waals surface area contributed by atoms with E-state index in [2.05, 4.69) is 19.8 Å². The summed E-state index contributed by atoms with van der Waals surface area (Å²) in [5.74, 6) is 1.31. The zero-order valence-electron chi connectivity index (χ0n) is 18.9. The van der Waals surface area contributed by atoms with Crippen LogP contribution >= 0.6 is 11.3 Å². The van der Waals surface area contributed by atoms with Gasteiger partial charge in [-0.2, -0.15) is 0 Å². The fourth-order valence-electron chi connectivity index (χ4n) is 4.08. The Labute approximate surface area is 200 Å². The second-order valence-electron chi connectivity index (χ2n) is 8.34. The predicted molar refractivity (Wildman–Crippen MR) is 127 cm³/mol. The van der Waals surface area contributed by atoms with Gasteiger partial charge in [0.15, 0.2) is 11.6 Å². The molecule has 180 valence electrons. The Morgan fingerprint density at radius 1 is 1.12 bits per heavy atom. The molecule has 5 heterocycles. The first-order valence-electron chi connectivity index (χ1n) is 11.2. The monoisotopic (exact) mass is 485 g/mol. The molecule has 3 N–H and O–H groups in total. The van der Waals surface area contributed by atoms with Crippen LogP contribution in [0.1, 0.15) is 11.9 Å². The molecule has 2 aliphatic rings. The quantitative estimate of drug-likeness (QED) is 0.503. The number of piperazine rings is 1. The van der Waals surface area contributed by atoms with Crippen molar-refractivity contribution in [3.05, 3.63) is 17.4 Å². The van der Waals surface area contributed by atoms with Gasteiger partial charge >= 0.3 is 0 Å². The summed E-state index contributed by atoms with van der Waals surface area (Å²) in [6.07, 6.45) is 2.29. The van der Waals surface area contributed by atoms with E-state index in [1.54, 1.807) is 28.6 Å². The van der Waals surface area contributed by atoms with Crippen molar-refractivity contribution in [1.82, 2.24) is 34.7 Å². The minimum Gasteiger partial charge on any atom is -0.384 e. The van der Waals surface area contributed by atoms with E-state index in [-0.39, 0.29) is 11.9 Å². The second-order valence-corrected chi connectivity index (χ2v) is 9.40. The number of thiazole rings is 1. The molecule has 0 spiro atoms. The third-order valence-corrected chi connectivity index (χ3v) is 6.86. The molecule has 0 aromatic carbocycles. The Morgan fingerprint density at radius 2 is 1.82 bits per heavy atom. The molecule has 3 aromatic rings. The number of amides is 1. The third-order valence-electron chi connectivity index (χ3n) is 5.93. The summed E-state index contributed by atoms with van der Waals surface area (Å²) in [5.41, 5.74) is 7.12. The maximum atomic E-state index is 12.0. The minimum atomic E-state index is -0.964. The molecule has 1 atom stereocenters. The van der Waals surface area contributed by atoms with Crippen LogP contribution < -0.4 is 10.6 Å². The van der Waals surface area contributed by atoms with Crippen molar-refractivity contribution in [2.75, 3.05) is 63.1 Å². The summed E-state index contributed by atoms with van der Waals surface area (Å²) in [5, 5.41) is 10.5. The summed E-state index contributed by atoms with van der Waals surface area (Å²) in [6, 6.07) is 0. The van der Waals surface area contributed by atoms with Crippen LogP contribution in [0.3, 0.4) is 0 Å². The molecule has 34 heavy (non-hydrogen) atoms. The van der Waals surface area contributed by atoms with E-state index >= 15 is 0 Å². The minimum absolute atomic E-state index is 0.202. The van der Waals surface area contributed by atoms with Gasteiger partial charge in [0.05, 0.1) is 25.3 Å². The van der Waals surface area contributed by atoms with Crippen LogP contribution in [0.25, 0.3) is 21.7 Å². The van der Waals surface area contributed by atoms with E-state index < -0.39 is 6.10 Å². The average Bonchev–Trinajstić information content (AvgIpc) is 3.26. The Morgan fingerprint density at radius 3 is 2.50 bits per heavy atom. The fourth-order valence-corrected chi connectivity index (χ4v) is 5.05. The Kier molecular flexibility index (Phi) is 6.50. The molecule has 13 heteroatoms. The normalized spacial score (nSPS) is 18.4. The van der Waals surface area contributed by atoms with Crippen LogP contribution in [0.5, 0.6) is 0 Å². The van der Waals surface area contributed by atoms with Crippen LogP contribution in [0.4, 0.5) is 11.8 Å². The number of fused-ring (bicyclic) bond motifs is 1. The van der Waals surface area contributed by atoms with Crippen molar-refractivity contribution in [3.8, 4) is 11.4 Å². The van der Waals surface area contributed by atoms with Crippen molar-refractivity contribution in [2.45, 2.75) is 19.6 Å². The molecule has 3 aromatic heterocycles. The third kappa shape index (κ3) is 4.78. The van der Waals surface area contributed by atoms with Crippen molar-refractivity contribution in [1.29, 1.82) is 0 Å². The molecule has 0 radical (unpaired) electrons. The van der Waals surface area contributed by atoms with Gasteiger partial charge in [-0.05, 0) is 6.92 Å². The summed E-state index contributed by atoms with van der Waals surface area (Å²) in [6.45, 7) is 7.55. The lowest BCUT2D eigenvalue weighted by Gasteiger charge is -2.34. The highest BCUT2D eigenvalue weighted by Crippen LogP contribution is 2.31. The predicted octanol–water partition coefficient (Wildman–Crippen LogP) is -0.0129. The van der Waals surface area contributed by atoms with Gasteiger partial charge in [0.1, 0.15) is 21.5 Å². The maximum Gasteiger partial charge on any atom is 0.251 e. The molecular formula is C21H27N9O3S. The van der Waals surface area contributed by atoms with Crippen LogP contribution in [0, 0.1) is 0 Å². The summed E-state index contributed by atoms with van der Waals surface area (Å²) < 4.78 is 5.52. The van der Waals surface area contributed by atoms with Crippen LogP contribution in [0.2, 0.25) is 0 Å². The zero-order valence-corrected chi connectivity index (χ0v) is 19.7. The van der Waals surface area contributed by atoms with Crippen LogP contribution in [0.15, 0.2) is 12.4 Å². The smallest absolute Gasteiger partial charge is 0.251 e. The van der Waals surface area contributed by atoms with E-state index in [1.807, 2.05) is 0 Å². The van der Waals surface area contributed by atoms with Crippen molar-refractivity contribution in [2.24, 2.45) is 0 Å². The number of aliphatic hydroxyl groups is 1. The molecule has 0 saturated carbocycles. The second kappa shape index (κ2) is 9.70. The number of ether oxygens (including phenoxy) is 1. The number of hydrogen-bond acceptors (Lipinski definition) is 12. The van der Waals surface area contributed by atoms with E-state index in [1.165, 1.54) is 6.92 Å². The largest absolute Gasteiger partial charge is 0.384 e. The topological polar surface area (TPSA) is 147 Å². The Hall–Kier alpha value is -3.00. The molecular weight excluding hydrogens is 458 g/mol. The number of nitrogens with two attached hydrogens (primary N) is 1.